The third-order valence-corrected chi connectivity index (χ3v) is 4.72. The molecule has 0 saturated carbocycles. The maximum Gasteiger partial charge on any atom is 0.247 e. The quantitative estimate of drug-likeness (QED) is 0.475. The van der Waals surface area contributed by atoms with E-state index >= 15 is 0 Å². The molecule has 0 bridgehead atoms. The molecule has 0 radical (unpaired) electrons. The van der Waals surface area contributed by atoms with Gasteiger partial charge in [0.15, 0.2) is 0 Å². The van der Waals surface area contributed by atoms with Crippen LogP contribution in [0.25, 0.3) is 11.0 Å². The fourth-order valence-corrected chi connectivity index (χ4v) is 3.27. The van der Waals surface area contributed by atoms with Crippen molar-refractivity contribution in [1.82, 2.24) is 25.0 Å². The van der Waals surface area contributed by atoms with Crippen molar-refractivity contribution in [3.63, 3.8) is 0 Å². The predicted octanol–water partition coefficient (Wildman–Crippen LogP) is 2.64. The van der Waals surface area contributed by atoms with E-state index < -0.39 is 5.91 Å². The molecule has 148 valence electrons. The molecule has 3 heterocycles. The molecular weight excluding hydrogens is 370 g/mol. The third-order valence-electron chi connectivity index (χ3n) is 4.72. The van der Waals surface area contributed by atoms with Crippen LogP contribution in [-0.2, 0) is 24.3 Å². The van der Waals surface area contributed by atoms with Crippen molar-refractivity contribution in [2.24, 2.45) is 10.3 Å². The van der Waals surface area contributed by atoms with Gasteiger partial charge in [0.2, 0.25) is 5.91 Å². The largest absolute Gasteiger partial charge is 0.326 e. The molecule has 1 aliphatic rings. The molecule has 9 heteroatoms. The summed E-state index contributed by atoms with van der Waals surface area (Å²) in [7, 11) is 0. The molecule has 2 aromatic heterocycles. The van der Waals surface area contributed by atoms with E-state index in [0.29, 0.717) is 18.8 Å². The number of rotatable bonds is 7. The summed E-state index contributed by atoms with van der Waals surface area (Å²) in [5, 5.41) is 18.7. The highest BCUT2D eigenvalue weighted by atomic mass is 16.5. The molecule has 0 aliphatic carbocycles. The normalized spacial score (nSPS) is 14.8. The Hall–Kier alpha value is -3.59. The van der Waals surface area contributed by atoms with Gasteiger partial charge in [-0.15, -0.1) is 5.11 Å². The van der Waals surface area contributed by atoms with Crippen molar-refractivity contribution in [1.29, 1.82) is 0 Å². The number of fused-ring (bicyclic) bond motifs is 1. The summed E-state index contributed by atoms with van der Waals surface area (Å²) in [4.78, 5) is 20.0. The average molecular weight is 391 g/mol. The number of imidazole rings is 1. The lowest BCUT2D eigenvalue weighted by Gasteiger charge is -2.14. The minimum Gasteiger partial charge on any atom is -0.326 e. The van der Waals surface area contributed by atoms with Gasteiger partial charge < -0.3 is 4.57 Å². The van der Waals surface area contributed by atoms with Gasteiger partial charge in [-0.25, -0.2) is 10.5 Å². The summed E-state index contributed by atoms with van der Waals surface area (Å²) >= 11 is 0. The zero-order valence-electron chi connectivity index (χ0n) is 15.8. The fourth-order valence-electron chi connectivity index (χ4n) is 3.27. The number of hydroxylamine groups is 1. The highest BCUT2D eigenvalue weighted by molar-refractivity contribution is 5.76. The average Bonchev–Trinajstić information content (AvgIpc) is 3.35. The molecular formula is C20H21N7O2. The number of pyridine rings is 1. The van der Waals surface area contributed by atoms with Gasteiger partial charge in [0.1, 0.15) is 5.82 Å². The Morgan fingerprint density at radius 1 is 1.21 bits per heavy atom. The second kappa shape index (κ2) is 8.61. The molecule has 1 amide bonds. The second-order valence-corrected chi connectivity index (χ2v) is 6.72. The number of hydrogen-bond donors (Lipinski definition) is 2. The van der Waals surface area contributed by atoms with Crippen LogP contribution in [0.3, 0.4) is 0 Å². The Bertz CT molecular complexity index is 1060. The smallest absolute Gasteiger partial charge is 0.247 e. The van der Waals surface area contributed by atoms with Gasteiger partial charge in [0.25, 0.3) is 0 Å². The molecule has 2 N–H and O–H groups in total. The number of nitrogens with zero attached hydrogens (tertiary/aromatic N) is 6. The number of aryl methyl sites for hydroxylation is 2. The van der Waals surface area contributed by atoms with Crippen LogP contribution in [0.5, 0.6) is 0 Å². The Labute approximate surface area is 167 Å². The number of carbonyl (C=O) groups excluding carboxylic acids is 1. The lowest BCUT2D eigenvalue weighted by Crippen LogP contribution is -2.19. The molecule has 0 saturated heterocycles. The van der Waals surface area contributed by atoms with Crippen LogP contribution < -0.4 is 5.48 Å². The van der Waals surface area contributed by atoms with Crippen molar-refractivity contribution < 1.29 is 10.0 Å². The first-order chi connectivity index (χ1) is 14.2. The van der Waals surface area contributed by atoms with E-state index in [0.717, 1.165) is 29.8 Å². The molecule has 1 aromatic carbocycles. The first-order valence-corrected chi connectivity index (χ1v) is 9.34. The Kier molecular flexibility index (Phi) is 5.57. The van der Waals surface area contributed by atoms with E-state index in [1.807, 2.05) is 35.3 Å². The number of amides is 1. The van der Waals surface area contributed by atoms with E-state index in [1.165, 1.54) is 5.56 Å². The van der Waals surface area contributed by atoms with Gasteiger partial charge in [0.05, 0.1) is 29.8 Å². The van der Waals surface area contributed by atoms with Crippen LogP contribution in [0, 0.1) is 0 Å². The van der Waals surface area contributed by atoms with Crippen LogP contribution in [0.2, 0.25) is 0 Å². The highest BCUT2D eigenvalue weighted by Crippen LogP contribution is 2.21. The van der Waals surface area contributed by atoms with E-state index in [2.05, 4.69) is 26.0 Å². The molecule has 9 nitrogen and oxygen atoms in total. The molecule has 4 rings (SSSR count). The van der Waals surface area contributed by atoms with Gasteiger partial charge in [0, 0.05) is 25.4 Å². The van der Waals surface area contributed by atoms with Crippen molar-refractivity contribution in [3.05, 3.63) is 72.0 Å². The number of aromatic nitrogens is 3. The number of nitrogens with one attached hydrogen (secondary N) is 1. The molecule has 29 heavy (non-hydrogen) atoms. The summed E-state index contributed by atoms with van der Waals surface area (Å²) in [5.74, 6) is 0.428. The first-order valence-electron chi connectivity index (χ1n) is 9.34. The highest BCUT2D eigenvalue weighted by Gasteiger charge is 2.18. The number of para-hydroxylation sites is 2. The third kappa shape index (κ3) is 4.46. The predicted molar refractivity (Wildman–Crippen MR) is 106 cm³/mol. The van der Waals surface area contributed by atoms with Crippen molar-refractivity contribution in [2.45, 2.75) is 25.9 Å². The minimum absolute atomic E-state index is 0.0587. The van der Waals surface area contributed by atoms with Gasteiger partial charge in [-0.05, 0) is 42.3 Å². The van der Waals surface area contributed by atoms with Crippen molar-refractivity contribution >= 4 is 16.9 Å². The molecule has 3 aromatic rings. The lowest BCUT2D eigenvalue weighted by molar-refractivity contribution is -0.128. The second-order valence-electron chi connectivity index (χ2n) is 6.72. The van der Waals surface area contributed by atoms with Crippen LogP contribution in [0.4, 0.5) is 0 Å². The number of carbonyl (C=O) groups is 1. The van der Waals surface area contributed by atoms with E-state index in [9.17, 15) is 4.79 Å². The first kappa shape index (κ1) is 18.8. The zero-order valence-corrected chi connectivity index (χ0v) is 15.8. The molecule has 1 aliphatic heterocycles. The number of hydrogen-bond acceptors (Lipinski definition) is 7. The van der Waals surface area contributed by atoms with Gasteiger partial charge in [-0.1, -0.05) is 17.4 Å². The van der Waals surface area contributed by atoms with Gasteiger partial charge >= 0.3 is 0 Å². The van der Waals surface area contributed by atoms with Gasteiger partial charge in [-0.2, -0.15) is 0 Å². The summed E-state index contributed by atoms with van der Waals surface area (Å²) in [5.41, 5.74) is 5.54. The Balaban J connectivity index is 1.50. The van der Waals surface area contributed by atoms with E-state index in [1.54, 1.807) is 23.9 Å². The molecule has 0 atom stereocenters. The SMILES string of the molecule is O=C(C/C=C1/CN(Cc2nc3ccccc3n2CCc2ccncc2)N=N1)NO. The lowest BCUT2D eigenvalue weighted by atomic mass is 10.2. The Morgan fingerprint density at radius 3 is 2.86 bits per heavy atom. The van der Waals surface area contributed by atoms with Crippen LogP contribution in [0.1, 0.15) is 17.8 Å². The fraction of sp³-hybridized carbons (Fsp3) is 0.250. The van der Waals surface area contributed by atoms with Crippen molar-refractivity contribution in [3.8, 4) is 0 Å². The monoisotopic (exact) mass is 391 g/mol. The maximum absolute atomic E-state index is 11.2. The van der Waals surface area contributed by atoms with Crippen LogP contribution in [0.15, 0.2) is 70.9 Å². The zero-order chi connectivity index (χ0) is 20.1. The molecule has 0 spiro atoms. The number of benzene rings is 1. The van der Waals surface area contributed by atoms with Crippen molar-refractivity contribution in [2.75, 3.05) is 6.54 Å². The standard InChI is InChI=1S/C20H21N7O2/c28-20(24-29)6-5-16-13-26(25-23-16)14-19-22-17-3-1-2-4-18(17)27(19)12-9-15-7-10-21-11-8-15/h1-5,7-8,10-11,29H,6,9,12-14H2,(H,24,28)/b16-5-. The van der Waals surface area contributed by atoms with Crippen LogP contribution in [-0.4, -0.2) is 37.2 Å². The summed E-state index contributed by atoms with van der Waals surface area (Å²) in [6, 6.07) is 12.1. The maximum atomic E-state index is 11.2. The van der Waals surface area contributed by atoms with Crippen LogP contribution >= 0.6 is 0 Å². The summed E-state index contributed by atoms with van der Waals surface area (Å²) < 4.78 is 2.21. The summed E-state index contributed by atoms with van der Waals surface area (Å²) in [6.45, 7) is 1.80. The van der Waals surface area contributed by atoms with E-state index in [4.69, 9.17) is 10.2 Å². The molecule has 0 unspecified atom stereocenters. The van der Waals surface area contributed by atoms with E-state index in [-0.39, 0.29) is 6.42 Å². The minimum atomic E-state index is -0.482. The Morgan fingerprint density at radius 2 is 2.03 bits per heavy atom. The van der Waals surface area contributed by atoms with Gasteiger partial charge in [-0.3, -0.25) is 20.0 Å². The summed E-state index contributed by atoms with van der Waals surface area (Å²) in [6.07, 6.45) is 6.19. The molecule has 0 fully saturated rings. The topological polar surface area (TPSA) is 108 Å².